The topological polar surface area (TPSA) is 62.9 Å². The number of halogens is 1. The molecule has 3 heterocycles. The van der Waals surface area contributed by atoms with Crippen LogP contribution in [0.4, 0.5) is 0 Å². The van der Waals surface area contributed by atoms with Crippen molar-refractivity contribution in [1.82, 2.24) is 15.2 Å². The van der Waals surface area contributed by atoms with Crippen LogP contribution >= 0.6 is 35.3 Å². The molecule has 0 bridgehead atoms. The van der Waals surface area contributed by atoms with Crippen LogP contribution in [0, 0.1) is 5.92 Å². The van der Waals surface area contributed by atoms with E-state index in [4.69, 9.17) is 14.1 Å². The third-order valence-electron chi connectivity index (χ3n) is 4.00. The van der Waals surface area contributed by atoms with E-state index in [9.17, 15) is 0 Å². The van der Waals surface area contributed by atoms with Gasteiger partial charge in [-0.2, -0.15) is 0 Å². The number of likely N-dealkylation sites (tertiary alicyclic amines) is 1. The SMILES string of the molecule is CCNC(=NCc1coc(-c2cccs2)n1)N1CCC(COC)C1.I. The van der Waals surface area contributed by atoms with Gasteiger partial charge in [-0.25, -0.2) is 9.98 Å². The van der Waals surface area contributed by atoms with Crippen LogP contribution in [0.5, 0.6) is 0 Å². The van der Waals surface area contributed by atoms with Crippen LogP contribution in [0.2, 0.25) is 0 Å². The van der Waals surface area contributed by atoms with E-state index >= 15 is 0 Å². The number of oxazole rings is 1. The number of guanidine groups is 1. The van der Waals surface area contributed by atoms with E-state index in [-0.39, 0.29) is 24.0 Å². The maximum absolute atomic E-state index is 5.56. The molecule has 25 heavy (non-hydrogen) atoms. The van der Waals surface area contributed by atoms with Crippen molar-refractivity contribution in [3.63, 3.8) is 0 Å². The van der Waals surface area contributed by atoms with Gasteiger partial charge in [-0.3, -0.25) is 0 Å². The first kappa shape index (κ1) is 20.2. The number of hydrogen-bond donors (Lipinski definition) is 1. The van der Waals surface area contributed by atoms with Crippen molar-refractivity contribution in [1.29, 1.82) is 0 Å². The van der Waals surface area contributed by atoms with Crippen LogP contribution in [0.25, 0.3) is 10.8 Å². The van der Waals surface area contributed by atoms with Gasteiger partial charge in [0.25, 0.3) is 0 Å². The zero-order valence-corrected chi connectivity index (χ0v) is 17.8. The Balaban J connectivity index is 0.00000225. The predicted octanol–water partition coefficient (Wildman–Crippen LogP) is 3.45. The predicted molar refractivity (Wildman–Crippen MR) is 112 cm³/mol. The number of ether oxygens (including phenoxy) is 1. The molecule has 1 atom stereocenters. The maximum Gasteiger partial charge on any atom is 0.236 e. The highest BCUT2D eigenvalue weighted by Gasteiger charge is 2.24. The Hall–Kier alpha value is -1.13. The lowest BCUT2D eigenvalue weighted by Gasteiger charge is -2.21. The van der Waals surface area contributed by atoms with Crippen LogP contribution in [-0.4, -0.2) is 49.2 Å². The molecule has 2 aromatic rings. The second-order valence-corrected chi connectivity index (χ2v) is 6.80. The molecule has 3 rings (SSSR count). The van der Waals surface area contributed by atoms with Gasteiger partial charge in [0.1, 0.15) is 12.0 Å². The van der Waals surface area contributed by atoms with Gasteiger partial charge >= 0.3 is 0 Å². The highest BCUT2D eigenvalue weighted by Crippen LogP contribution is 2.24. The summed E-state index contributed by atoms with van der Waals surface area (Å²) in [4.78, 5) is 12.6. The molecule has 1 fully saturated rings. The number of hydrogen-bond acceptors (Lipinski definition) is 5. The second-order valence-electron chi connectivity index (χ2n) is 5.85. The molecule has 1 N–H and O–H groups in total. The first-order chi connectivity index (χ1) is 11.8. The smallest absolute Gasteiger partial charge is 0.236 e. The van der Waals surface area contributed by atoms with E-state index in [1.54, 1.807) is 24.7 Å². The number of methoxy groups -OCH3 is 1. The minimum Gasteiger partial charge on any atom is -0.443 e. The molecular weight excluding hydrogens is 451 g/mol. The molecule has 6 nitrogen and oxygen atoms in total. The molecule has 1 aliphatic rings. The van der Waals surface area contributed by atoms with Crippen molar-refractivity contribution < 1.29 is 9.15 Å². The van der Waals surface area contributed by atoms with E-state index in [2.05, 4.69) is 22.1 Å². The van der Waals surface area contributed by atoms with Crippen LogP contribution < -0.4 is 5.32 Å². The Morgan fingerprint density at radius 1 is 1.56 bits per heavy atom. The van der Waals surface area contributed by atoms with Crippen molar-refractivity contribution in [2.75, 3.05) is 33.4 Å². The average molecular weight is 476 g/mol. The lowest BCUT2D eigenvalue weighted by atomic mass is 10.1. The van der Waals surface area contributed by atoms with Crippen molar-refractivity contribution in [3.8, 4) is 10.8 Å². The fraction of sp³-hybridized carbons (Fsp3) is 0.529. The Bertz CT molecular complexity index is 659. The third-order valence-corrected chi connectivity index (χ3v) is 4.86. The molecule has 1 aliphatic heterocycles. The van der Waals surface area contributed by atoms with Gasteiger partial charge in [0.05, 0.1) is 18.0 Å². The molecule has 8 heteroatoms. The zero-order chi connectivity index (χ0) is 16.8. The fourth-order valence-corrected chi connectivity index (χ4v) is 3.53. The van der Waals surface area contributed by atoms with Crippen LogP contribution in [0.1, 0.15) is 19.0 Å². The summed E-state index contributed by atoms with van der Waals surface area (Å²) in [6.07, 6.45) is 2.84. The standard InChI is InChI=1S/C17H24N4O2S.HI/c1-3-18-17(21-7-6-13(10-21)11-22-2)19-9-14-12-23-16(20-14)15-5-4-8-24-15;/h4-5,8,12-13H,3,6-7,9-11H2,1-2H3,(H,18,19);1H. The van der Waals surface area contributed by atoms with E-state index in [1.807, 2.05) is 17.5 Å². The minimum absolute atomic E-state index is 0. The van der Waals surface area contributed by atoms with Gasteiger partial charge in [0.15, 0.2) is 5.96 Å². The maximum atomic E-state index is 5.56. The van der Waals surface area contributed by atoms with Crippen molar-refractivity contribution >= 4 is 41.3 Å². The summed E-state index contributed by atoms with van der Waals surface area (Å²) in [6, 6.07) is 4.00. The molecule has 2 aromatic heterocycles. The number of nitrogens with zero attached hydrogens (tertiary/aromatic N) is 3. The molecule has 0 radical (unpaired) electrons. The Morgan fingerprint density at radius 3 is 3.16 bits per heavy atom. The van der Waals surface area contributed by atoms with Crippen LogP contribution in [0.15, 0.2) is 33.2 Å². The summed E-state index contributed by atoms with van der Waals surface area (Å²) in [6.45, 7) is 6.26. The quantitative estimate of drug-likeness (QED) is 0.393. The van der Waals surface area contributed by atoms with Crippen molar-refractivity contribution in [2.45, 2.75) is 19.9 Å². The summed E-state index contributed by atoms with van der Waals surface area (Å²) < 4.78 is 10.8. The highest BCUT2D eigenvalue weighted by atomic mass is 127. The first-order valence-electron chi connectivity index (χ1n) is 8.30. The van der Waals surface area contributed by atoms with E-state index < -0.39 is 0 Å². The normalized spacial score (nSPS) is 17.6. The summed E-state index contributed by atoms with van der Waals surface area (Å²) >= 11 is 1.62. The minimum atomic E-state index is 0. The second kappa shape index (κ2) is 10.1. The number of rotatable bonds is 6. The average Bonchev–Trinajstić information content (AvgIpc) is 3.32. The molecule has 138 valence electrons. The van der Waals surface area contributed by atoms with Crippen LogP contribution in [-0.2, 0) is 11.3 Å². The molecule has 0 saturated carbocycles. The Labute approximate surface area is 169 Å². The molecule has 0 amide bonds. The number of nitrogens with one attached hydrogen (secondary N) is 1. The number of aromatic nitrogens is 1. The first-order valence-corrected chi connectivity index (χ1v) is 9.18. The van der Waals surface area contributed by atoms with Gasteiger partial charge in [0, 0.05) is 32.7 Å². The third kappa shape index (κ3) is 5.42. The van der Waals surface area contributed by atoms with E-state index in [0.717, 1.165) is 49.2 Å². The molecule has 0 aromatic carbocycles. The summed E-state index contributed by atoms with van der Waals surface area (Å²) in [5, 5.41) is 5.39. The number of thiophene rings is 1. The van der Waals surface area contributed by atoms with Crippen molar-refractivity contribution in [3.05, 3.63) is 29.5 Å². The van der Waals surface area contributed by atoms with E-state index in [1.165, 1.54) is 0 Å². The van der Waals surface area contributed by atoms with Gasteiger partial charge in [0.2, 0.25) is 5.89 Å². The zero-order valence-electron chi connectivity index (χ0n) is 14.6. The fourth-order valence-electron chi connectivity index (χ4n) is 2.87. The summed E-state index contributed by atoms with van der Waals surface area (Å²) in [5.74, 6) is 2.19. The van der Waals surface area contributed by atoms with Crippen molar-refractivity contribution in [2.24, 2.45) is 10.9 Å². The monoisotopic (exact) mass is 476 g/mol. The molecule has 0 spiro atoms. The lowest BCUT2D eigenvalue weighted by molar-refractivity contribution is 0.157. The largest absolute Gasteiger partial charge is 0.443 e. The summed E-state index contributed by atoms with van der Waals surface area (Å²) in [7, 11) is 1.76. The number of aliphatic imine (C=N–C) groups is 1. The lowest BCUT2D eigenvalue weighted by Crippen LogP contribution is -2.40. The van der Waals surface area contributed by atoms with Gasteiger partial charge < -0.3 is 19.4 Å². The van der Waals surface area contributed by atoms with Gasteiger partial charge in [-0.05, 0) is 24.8 Å². The van der Waals surface area contributed by atoms with Crippen LogP contribution in [0.3, 0.4) is 0 Å². The molecule has 0 aliphatic carbocycles. The highest BCUT2D eigenvalue weighted by molar-refractivity contribution is 14.0. The van der Waals surface area contributed by atoms with Gasteiger partial charge in [-0.15, -0.1) is 35.3 Å². The molecule has 1 saturated heterocycles. The Kier molecular flexibility index (Phi) is 8.17. The van der Waals surface area contributed by atoms with Gasteiger partial charge in [-0.1, -0.05) is 6.07 Å². The molecule has 1 unspecified atom stereocenters. The molecular formula is C17H25IN4O2S. The Morgan fingerprint density at radius 2 is 2.44 bits per heavy atom. The van der Waals surface area contributed by atoms with E-state index in [0.29, 0.717) is 18.4 Å². The summed E-state index contributed by atoms with van der Waals surface area (Å²) in [5.41, 5.74) is 0.849.